The quantitative estimate of drug-likeness (QED) is 0.637. The van der Waals surface area contributed by atoms with Gasteiger partial charge < -0.3 is 23.8 Å². The predicted octanol–water partition coefficient (Wildman–Crippen LogP) is 0.335. The van der Waals surface area contributed by atoms with Crippen LogP contribution in [0.25, 0.3) is 0 Å². The maximum atomic E-state index is 12.5. The molecule has 9 heteroatoms. The lowest BCUT2D eigenvalue weighted by molar-refractivity contribution is -0.917. The van der Waals surface area contributed by atoms with Crippen molar-refractivity contribution in [3.8, 4) is 11.5 Å². The van der Waals surface area contributed by atoms with Gasteiger partial charge in [0.15, 0.2) is 16.7 Å². The van der Waals surface area contributed by atoms with Crippen molar-refractivity contribution < 1.29 is 19.2 Å². The van der Waals surface area contributed by atoms with Crippen LogP contribution in [0.4, 0.5) is 0 Å². The molecule has 1 aliphatic heterocycles. The first-order valence-electron chi connectivity index (χ1n) is 9.47. The molecule has 0 radical (unpaired) electrons. The molecule has 1 saturated heterocycles. The number of nitrogens with one attached hydrogen (secondary N) is 1. The average molecular weight is 407 g/mol. The molecule has 0 unspecified atom stereocenters. The first-order chi connectivity index (χ1) is 13.6. The first-order valence-corrected chi connectivity index (χ1v) is 10.5. The minimum atomic E-state index is 0.167. The Labute approximate surface area is 169 Å². The fourth-order valence-corrected chi connectivity index (χ4v) is 4.20. The van der Waals surface area contributed by atoms with E-state index >= 15 is 0 Å². The number of hydrogen-bond donors (Lipinski definition) is 1. The Morgan fingerprint density at radius 1 is 1.21 bits per heavy atom. The Hall–Kier alpha value is -2.26. The molecule has 1 N–H and O–H groups in total. The second kappa shape index (κ2) is 9.79. The van der Waals surface area contributed by atoms with Crippen molar-refractivity contribution in [3.05, 3.63) is 30.1 Å². The number of amides is 1. The van der Waals surface area contributed by atoms with Gasteiger partial charge in [-0.2, -0.15) is 0 Å². The minimum Gasteiger partial charge on any atom is -0.493 e. The Morgan fingerprint density at radius 3 is 2.64 bits per heavy atom. The molecular formula is C19H28N5O3S+. The summed E-state index contributed by atoms with van der Waals surface area (Å²) in [6.45, 7) is 7.20. The number of ether oxygens (including phenoxy) is 2. The van der Waals surface area contributed by atoms with Crippen LogP contribution in [0.3, 0.4) is 0 Å². The average Bonchev–Trinajstić information content (AvgIpc) is 3.20. The number of carbonyl (C=O) groups is 1. The van der Waals surface area contributed by atoms with Gasteiger partial charge in [-0.1, -0.05) is 11.8 Å². The van der Waals surface area contributed by atoms with Gasteiger partial charge in [0, 0.05) is 12.1 Å². The second-order valence-corrected chi connectivity index (χ2v) is 7.63. The number of rotatable bonds is 8. The lowest BCUT2D eigenvalue weighted by Crippen LogP contribution is -3.13. The highest BCUT2D eigenvalue weighted by Crippen LogP contribution is 2.27. The zero-order chi connectivity index (χ0) is 19.9. The van der Waals surface area contributed by atoms with Crippen LogP contribution in [0.15, 0.2) is 29.7 Å². The normalized spacial score (nSPS) is 14.9. The highest BCUT2D eigenvalue weighted by Gasteiger charge is 2.24. The predicted molar refractivity (Wildman–Crippen MR) is 107 cm³/mol. The summed E-state index contributed by atoms with van der Waals surface area (Å²) in [6, 6.07) is 6.05. The molecule has 0 aliphatic carbocycles. The molecule has 1 aliphatic rings. The molecule has 0 saturated carbocycles. The molecule has 1 fully saturated rings. The maximum Gasteiger partial charge on any atom is 0.233 e. The van der Waals surface area contributed by atoms with Crippen LogP contribution in [0, 0.1) is 0 Å². The van der Waals surface area contributed by atoms with E-state index in [1.165, 1.54) is 22.2 Å². The maximum absolute atomic E-state index is 12.5. The summed E-state index contributed by atoms with van der Waals surface area (Å²) >= 11 is 1.46. The summed E-state index contributed by atoms with van der Waals surface area (Å²) in [6.07, 6.45) is 1.70. The first kappa shape index (κ1) is 20.5. The van der Waals surface area contributed by atoms with Crippen LogP contribution in [-0.2, 0) is 17.9 Å². The molecular weight excluding hydrogens is 378 g/mol. The number of aryl methyl sites for hydroxylation is 1. The molecule has 1 amide bonds. The number of nitrogens with zero attached hydrogens (tertiary/aromatic N) is 4. The smallest absolute Gasteiger partial charge is 0.233 e. The largest absolute Gasteiger partial charge is 0.493 e. The van der Waals surface area contributed by atoms with E-state index in [9.17, 15) is 4.79 Å². The third kappa shape index (κ3) is 4.96. The summed E-state index contributed by atoms with van der Waals surface area (Å²) in [5.41, 5.74) is 1.21. The van der Waals surface area contributed by atoms with Crippen molar-refractivity contribution in [1.82, 2.24) is 19.7 Å². The number of piperazine rings is 1. The number of thioether (sulfide) groups is 1. The molecule has 0 atom stereocenters. The summed E-state index contributed by atoms with van der Waals surface area (Å²) in [5, 5.41) is 8.77. The van der Waals surface area contributed by atoms with Gasteiger partial charge in [0.25, 0.3) is 0 Å². The topological polar surface area (TPSA) is 73.9 Å². The lowest BCUT2D eigenvalue weighted by atomic mass is 10.1. The highest BCUT2D eigenvalue weighted by molar-refractivity contribution is 7.99. The van der Waals surface area contributed by atoms with Crippen LogP contribution in [0.1, 0.15) is 12.5 Å². The third-order valence-electron chi connectivity index (χ3n) is 4.97. The van der Waals surface area contributed by atoms with Crippen molar-refractivity contribution in [2.24, 2.45) is 0 Å². The number of methoxy groups -OCH3 is 2. The monoisotopic (exact) mass is 406 g/mol. The van der Waals surface area contributed by atoms with Crippen LogP contribution < -0.4 is 14.4 Å². The molecule has 0 spiro atoms. The van der Waals surface area contributed by atoms with Gasteiger partial charge in [-0.05, 0) is 25.1 Å². The van der Waals surface area contributed by atoms with Crippen LogP contribution in [0.5, 0.6) is 11.5 Å². The number of quaternary nitrogens is 1. The van der Waals surface area contributed by atoms with E-state index in [-0.39, 0.29) is 5.91 Å². The number of hydrogen-bond acceptors (Lipinski definition) is 6. The SMILES string of the molecule is CCn1cnnc1SCC(=O)N1CC[NH+](Cc2ccc(OC)c(OC)c2)CC1. The Kier molecular flexibility index (Phi) is 7.16. The molecule has 2 heterocycles. The molecule has 8 nitrogen and oxygen atoms in total. The molecule has 1 aromatic heterocycles. The Balaban J connectivity index is 1.47. The van der Waals surface area contributed by atoms with Gasteiger partial charge >= 0.3 is 0 Å². The highest BCUT2D eigenvalue weighted by atomic mass is 32.2. The van der Waals surface area contributed by atoms with E-state index in [1.807, 2.05) is 28.5 Å². The van der Waals surface area contributed by atoms with E-state index in [0.717, 1.165) is 55.9 Å². The molecule has 2 aromatic rings. The standard InChI is InChI=1S/C19H27N5O3S/c1-4-23-14-20-21-19(23)28-13-18(25)24-9-7-22(8-10-24)12-15-5-6-16(26-2)17(11-15)27-3/h5-6,11,14H,4,7-10,12-13H2,1-3H3/p+1. The van der Waals surface area contributed by atoms with Crippen LogP contribution in [-0.4, -0.2) is 71.7 Å². The number of benzene rings is 1. The fourth-order valence-electron chi connectivity index (χ4n) is 3.32. The van der Waals surface area contributed by atoms with E-state index in [2.05, 4.69) is 16.3 Å². The van der Waals surface area contributed by atoms with E-state index in [1.54, 1.807) is 20.5 Å². The van der Waals surface area contributed by atoms with Crippen molar-refractivity contribution in [2.45, 2.75) is 25.2 Å². The van der Waals surface area contributed by atoms with Gasteiger partial charge in [0.05, 0.1) is 46.2 Å². The Bertz CT molecular complexity index is 790. The van der Waals surface area contributed by atoms with Gasteiger partial charge in [0.1, 0.15) is 12.9 Å². The van der Waals surface area contributed by atoms with Crippen molar-refractivity contribution in [2.75, 3.05) is 46.2 Å². The van der Waals surface area contributed by atoms with Crippen molar-refractivity contribution in [3.63, 3.8) is 0 Å². The lowest BCUT2D eigenvalue weighted by Gasteiger charge is -2.32. The molecule has 1 aromatic carbocycles. The summed E-state index contributed by atoms with van der Waals surface area (Å²) < 4.78 is 12.6. The summed E-state index contributed by atoms with van der Waals surface area (Å²) in [7, 11) is 3.29. The van der Waals surface area contributed by atoms with E-state index in [4.69, 9.17) is 9.47 Å². The minimum absolute atomic E-state index is 0.167. The van der Waals surface area contributed by atoms with E-state index < -0.39 is 0 Å². The van der Waals surface area contributed by atoms with Crippen molar-refractivity contribution >= 4 is 17.7 Å². The third-order valence-corrected chi connectivity index (χ3v) is 5.94. The van der Waals surface area contributed by atoms with Gasteiger partial charge in [0.2, 0.25) is 5.91 Å². The van der Waals surface area contributed by atoms with E-state index in [0.29, 0.717) is 5.75 Å². The molecule has 3 rings (SSSR count). The van der Waals surface area contributed by atoms with Crippen LogP contribution >= 0.6 is 11.8 Å². The molecule has 152 valence electrons. The van der Waals surface area contributed by atoms with Crippen LogP contribution in [0.2, 0.25) is 0 Å². The number of carbonyl (C=O) groups excluding carboxylic acids is 1. The zero-order valence-electron chi connectivity index (χ0n) is 16.7. The van der Waals surface area contributed by atoms with Gasteiger partial charge in [-0.15, -0.1) is 10.2 Å². The van der Waals surface area contributed by atoms with Crippen molar-refractivity contribution in [1.29, 1.82) is 0 Å². The fraction of sp³-hybridized carbons (Fsp3) is 0.526. The zero-order valence-corrected chi connectivity index (χ0v) is 17.5. The summed E-state index contributed by atoms with van der Waals surface area (Å²) in [4.78, 5) is 15.9. The Morgan fingerprint density at radius 2 is 1.96 bits per heavy atom. The second-order valence-electron chi connectivity index (χ2n) is 6.69. The molecule has 28 heavy (non-hydrogen) atoms. The summed E-state index contributed by atoms with van der Waals surface area (Å²) in [5.74, 6) is 2.07. The molecule has 0 bridgehead atoms. The number of aromatic nitrogens is 3. The van der Waals surface area contributed by atoms with Gasteiger partial charge in [-0.3, -0.25) is 4.79 Å². The van der Waals surface area contributed by atoms with Gasteiger partial charge in [-0.25, -0.2) is 0 Å².